The summed E-state index contributed by atoms with van der Waals surface area (Å²) in [5.74, 6) is 0.0841. The van der Waals surface area contributed by atoms with E-state index in [-0.39, 0.29) is 11.9 Å². The fourth-order valence-corrected chi connectivity index (χ4v) is 3.29. The van der Waals surface area contributed by atoms with Crippen LogP contribution in [0.15, 0.2) is 30.6 Å². The summed E-state index contributed by atoms with van der Waals surface area (Å²) in [5, 5.41) is 3.20. The smallest absolute Gasteiger partial charge is 0.243 e. The largest absolute Gasteiger partial charge is 0.352 e. The second kappa shape index (κ2) is 5.17. The van der Waals surface area contributed by atoms with Crippen LogP contribution in [0.5, 0.6) is 0 Å². The molecule has 112 valence electrons. The molecular formula is C17H23N3O. The Balaban J connectivity index is 1.73. The molecule has 0 radical (unpaired) electrons. The Morgan fingerprint density at radius 1 is 1.43 bits per heavy atom. The standard InChI is InChI=1S/C17H23N3O/c1-12(16(21)19-13-8-9-17(2,3)10-13)20-11-18-14-6-4-5-7-15(14)20/h4-7,11-13H,8-10H2,1-3H3,(H,19,21). The number of hydrogen-bond acceptors (Lipinski definition) is 2. The van der Waals surface area contributed by atoms with Gasteiger partial charge in [-0.25, -0.2) is 4.98 Å². The fourth-order valence-electron chi connectivity index (χ4n) is 3.29. The van der Waals surface area contributed by atoms with Gasteiger partial charge in [-0.2, -0.15) is 0 Å². The molecule has 4 nitrogen and oxygen atoms in total. The van der Waals surface area contributed by atoms with E-state index in [1.165, 1.54) is 6.42 Å². The molecule has 1 aromatic carbocycles. The number of fused-ring (bicyclic) bond motifs is 1. The second-order valence-corrected chi connectivity index (χ2v) is 6.93. The summed E-state index contributed by atoms with van der Waals surface area (Å²) in [4.78, 5) is 16.9. The van der Waals surface area contributed by atoms with Gasteiger partial charge in [0, 0.05) is 6.04 Å². The van der Waals surface area contributed by atoms with E-state index in [0.717, 1.165) is 23.9 Å². The van der Waals surface area contributed by atoms with Crippen LogP contribution in [0, 0.1) is 5.41 Å². The average molecular weight is 285 g/mol. The number of rotatable bonds is 3. The number of amides is 1. The first-order valence-corrected chi connectivity index (χ1v) is 7.68. The monoisotopic (exact) mass is 285 g/mol. The van der Waals surface area contributed by atoms with E-state index < -0.39 is 0 Å². The molecule has 0 saturated heterocycles. The molecule has 2 unspecified atom stereocenters. The minimum Gasteiger partial charge on any atom is -0.352 e. The van der Waals surface area contributed by atoms with Crippen molar-refractivity contribution in [1.82, 2.24) is 14.9 Å². The van der Waals surface area contributed by atoms with Crippen molar-refractivity contribution in [3.63, 3.8) is 0 Å². The Kier molecular flexibility index (Phi) is 3.47. The summed E-state index contributed by atoms with van der Waals surface area (Å²) in [6.07, 6.45) is 5.08. The number of imidazole rings is 1. The zero-order valence-corrected chi connectivity index (χ0v) is 13.0. The van der Waals surface area contributed by atoms with Gasteiger partial charge in [-0.3, -0.25) is 4.79 Å². The first-order chi connectivity index (χ1) is 9.96. The molecule has 1 aliphatic rings. The van der Waals surface area contributed by atoms with Crippen molar-refractivity contribution in [3.05, 3.63) is 30.6 Å². The van der Waals surface area contributed by atoms with Gasteiger partial charge in [0.1, 0.15) is 6.04 Å². The van der Waals surface area contributed by atoms with Crippen molar-refractivity contribution < 1.29 is 4.79 Å². The number of nitrogens with zero attached hydrogens (tertiary/aromatic N) is 2. The van der Waals surface area contributed by atoms with Gasteiger partial charge in [-0.1, -0.05) is 26.0 Å². The maximum absolute atomic E-state index is 12.5. The minimum absolute atomic E-state index is 0.0841. The zero-order valence-electron chi connectivity index (χ0n) is 13.0. The van der Waals surface area contributed by atoms with Gasteiger partial charge < -0.3 is 9.88 Å². The van der Waals surface area contributed by atoms with Gasteiger partial charge in [0.05, 0.1) is 17.4 Å². The maximum Gasteiger partial charge on any atom is 0.243 e. The van der Waals surface area contributed by atoms with Crippen LogP contribution in [0.25, 0.3) is 11.0 Å². The lowest BCUT2D eigenvalue weighted by Gasteiger charge is -2.20. The Bertz CT molecular complexity index is 659. The summed E-state index contributed by atoms with van der Waals surface area (Å²) >= 11 is 0. The molecule has 1 saturated carbocycles. The number of benzene rings is 1. The number of carbonyl (C=O) groups is 1. The third-order valence-electron chi connectivity index (χ3n) is 4.59. The van der Waals surface area contributed by atoms with Crippen molar-refractivity contribution in [2.24, 2.45) is 5.41 Å². The Morgan fingerprint density at radius 2 is 2.19 bits per heavy atom. The molecule has 0 bridgehead atoms. The Labute approximate surface area is 125 Å². The highest BCUT2D eigenvalue weighted by Crippen LogP contribution is 2.37. The van der Waals surface area contributed by atoms with Gasteiger partial charge in [0.2, 0.25) is 5.91 Å². The molecule has 1 N–H and O–H groups in total. The topological polar surface area (TPSA) is 46.9 Å². The Morgan fingerprint density at radius 3 is 2.90 bits per heavy atom. The van der Waals surface area contributed by atoms with Crippen LogP contribution >= 0.6 is 0 Å². The summed E-state index contributed by atoms with van der Waals surface area (Å²) in [7, 11) is 0. The number of para-hydroxylation sites is 2. The van der Waals surface area contributed by atoms with E-state index in [0.29, 0.717) is 11.5 Å². The quantitative estimate of drug-likeness (QED) is 0.940. The maximum atomic E-state index is 12.5. The van der Waals surface area contributed by atoms with Crippen molar-refractivity contribution in [2.45, 2.75) is 52.1 Å². The van der Waals surface area contributed by atoms with Gasteiger partial charge >= 0.3 is 0 Å². The third-order valence-corrected chi connectivity index (χ3v) is 4.59. The Hall–Kier alpha value is -1.84. The SMILES string of the molecule is CC(C(=O)NC1CCC(C)(C)C1)n1cnc2ccccc21. The molecule has 2 aromatic rings. The lowest BCUT2D eigenvalue weighted by Crippen LogP contribution is -2.37. The molecular weight excluding hydrogens is 262 g/mol. The van der Waals surface area contributed by atoms with E-state index in [2.05, 4.69) is 24.1 Å². The van der Waals surface area contributed by atoms with Gasteiger partial charge in [0.15, 0.2) is 0 Å². The lowest BCUT2D eigenvalue weighted by molar-refractivity contribution is -0.124. The molecule has 1 aliphatic carbocycles. The first-order valence-electron chi connectivity index (χ1n) is 7.68. The van der Waals surface area contributed by atoms with Crippen LogP contribution in [-0.2, 0) is 4.79 Å². The molecule has 1 fully saturated rings. The van der Waals surface area contributed by atoms with Crippen LogP contribution < -0.4 is 5.32 Å². The predicted octanol–water partition coefficient (Wildman–Crippen LogP) is 3.29. The van der Waals surface area contributed by atoms with Crippen LogP contribution in [0.3, 0.4) is 0 Å². The lowest BCUT2D eigenvalue weighted by atomic mass is 9.92. The van der Waals surface area contributed by atoms with Crippen LogP contribution in [0.2, 0.25) is 0 Å². The summed E-state index contributed by atoms with van der Waals surface area (Å²) in [6.45, 7) is 6.47. The number of aromatic nitrogens is 2. The molecule has 0 aliphatic heterocycles. The number of nitrogens with one attached hydrogen (secondary N) is 1. The van der Waals surface area contributed by atoms with Gasteiger partial charge in [0.25, 0.3) is 0 Å². The molecule has 21 heavy (non-hydrogen) atoms. The average Bonchev–Trinajstić information content (AvgIpc) is 3.01. The predicted molar refractivity (Wildman–Crippen MR) is 84.0 cm³/mol. The molecule has 1 heterocycles. The van der Waals surface area contributed by atoms with Gasteiger partial charge in [-0.15, -0.1) is 0 Å². The first kappa shape index (κ1) is 14.1. The second-order valence-electron chi connectivity index (χ2n) is 6.93. The van der Waals surface area contributed by atoms with Crippen molar-refractivity contribution >= 4 is 16.9 Å². The summed E-state index contributed by atoms with van der Waals surface area (Å²) < 4.78 is 1.95. The normalized spacial score (nSPS) is 22.3. The molecule has 4 heteroatoms. The molecule has 1 aromatic heterocycles. The molecule has 3 rings (SSSR count). The van der Waals surface area contributed by atoms with Crippen molar-refractivity contribution in [3.8, 4) is 0 Å². The van der Waals surface area contributed by atoms with Crippen molar-refractivity contribution in [1.29, 1.82) is 0 Å². The molecule has 2 atom stereocenters. The van der Waals surface area contributed by atoms with E-state index in [9.17, 15) is 4.79 Å². The van der Waals surface area contributed by atoms with Crippen LogP contribution in [0.4, 0.5) is 0 Å². The zero-order chi connectivity index (χ0) is 15.0. The van der Waals surface area contributed by atoms with Crippen LogP contribution in [-0.4, -0.2) is 21.5 Å². The van der Waals surface area contributed by atoms with Crippen molar-refractivity contribution in [2.75, 3.05) is 0 Å². The van der Waals surface area contributed by atoms with E-state index in [1.807, 2.05) is 35.8 Å². The molecule has 0 spiro atoms. The highest BCUT2D eigenvalue weighted by molar-refractivity contribution is 5.83. The van der Waals surface area contributed by atoms with E-state index >= 15 is 0 Å². The number of carbonyl (C=O) groups excluding carboxylic acids is 1. The van der Waals surface area contributed by atoms with E-state index in [1.54, 1.807) is 6.33 Å². The van der Waals surface area contributed by atoms with Gasteiger partial charge in [-0.05, 0) is 43.7 Å². The summed E-state index contributed by atoms with van der Waals surface area (Å²) in [6, 6.07) is 7.99. The minimum atomic E-state index is -0.235. The van der Waals surface area contributed by atoms with Crippen LogP contribution in [0.1, 0.15) is 46.1 Å². The fraction of sp³-hybridized carbons (Fsp3) is 0.529. The summed E-state index contributed by atoms with van der Waals surface area (Å²) in [5.41, 5.74) is 2.29. The number of hydrogen-bond donors (Lipinski definition) is 1. The molecule has 1 amide bonds. The van der Waals surface area contributed by atoms with E-state index in [4.69, 9.17) is 0 Å². The highest BCUT2D eigenvalue weighted by atomic mass is 16.2. The highest BCUT2D eigenvalue weighted by Gasteiger charge is 2.32. The third kappa shape index (κ3) is 2.80.